The van der Waals surface area contributed by atoms with Gasteiger partial charge in [-0.15, -0.1) is 0 Å². The molecule has 0 spiro atoms. The summed E-state index contributed by atoms with van der Waals surface area (Å²) in [5.41, 5.74) is 4.48. The van der Waals surface area contributed by atoms with Gasteiger partial charge in [-0.05, 0) is 30.4 Å². The van der Waals surface area contributed by atoms with Crippen molar-refractivity contribution in [2.75, 3.05) is 0 Å². The minimum atomic E-state index is 0.796. The van der Waals surface area contributed by atoms with Gasteiger partial charge in [0.15, 0.2) is 0 Å². The molecule has 0 bridgehead atoms. The van der Waals surface area contributed by atoms with E-state index in [1.54, 1.807) is 0 Å². The molecule has 2 nitrogen and oxygen atoms in total. The molecule has 1 aliphatic carbocycles. The van der Waals surface area contributed by atoms with E-state index in [0.717, 1.165) is 12.6 Å². The first-order chi connectivity index (χ1) is 7.92. The number of hydrogen-bond donors (Lipinski definition) is 1. The van der Waals surface area contributed by atoms with Gasteiger partial charge < -0.3 is 9.88 Å². The molecule has 0 amide bonds. The smallest absolute Gasteiger partial charge is 0.0516 e. The highest BCUT2D eigenvalue weighted by Gasteiger charge is 2.22. The third-order valence-electron chi connectivity index (χ3n) is 3.85. The Balaban J connectivity index is 1.78. The molecule has 0 saturated heterocycles. The zero-order chi connectivity index (χ0) is 10.5. The number of benzene rings is 1. The molecule has 0 atom stereocenters. The fourth-order valence-electron chi connectivity index (χ4n) is 2.81. The van der Waals surface area contributed by atoms with Crippen LogP contribution < -0.4 is 5.32 Å². The van der Waals surface area contributed by atoms with Gasteiger partial charge in [-0.25, -0.2) is 0 Å². The Kier molecular flexibility index (Phi) is 1.71. The largest absolute Gasteiger partial charge is 0.347 e. The monoisotopic (exact) mass is 212 g/mol. The molecule has 2 heterocycles. The molecule has 82 valence electrons. The molecule has 2 aromatic rings. The maximum atomic E-state index is 3.61. The minimum absolute atomic E-state index is 0.796. The number of nitrogens with one attached hydrogen (secondary N) is 1. The highest BCUT2D eigenvalue weighted by Crippen LogP contribution is 2.30. The summed E-state index contributed by atoms with van der Waals surface area (Å²) in [4.78, 5) is 0. The van der Waals surface area contributed by atoms with Gasteiger partial charge in [-0.1, -0.05) is 18.2 Å². The van der Waals surface area contributed by atoms with Crippen LogP contribution in [0.4, 0.5) is 0 Å². The van der Waals surface area contributed by atoms with Gasteiger partial charge >= 0.3 is 0 Å². The number of nitrogens with zero attached hydrogens (tertiary/aromatic N) is 1. The molecule has 0 unspecified atom stereocenters. The molecule has 1 N–H and O–H groups in total. The van der Waals surface area contributed by atoms with Crippen LogP contribution >= 0.6 is 0 Å². The Morgan fingerprint density at radius 3 is 3.12 bits per heavy atom. The number of rotatable bonds is 3. The predicted octanol–water partition coefficient (Wildman–Crippen LogP) is 2.45. The van der Waals surface area contributed by atoms with Gasteiger partial charge in [0.1, 0.15) is 0 Å². The van der Waals surface area contributed by atoms with Crippen LogP contribution in [0.5, 0.6) is 0 Å². The standard InChI is InChI=1S/C14H16N2/c1-2-10-6-7-16-9-11(8-15-12-4-5-12)13(3-1)14(10)16/h1-3,9,12,15H,4-8H2. The molecule has 2 heteroatoms. The van der Waals surface area contributed by atoms with Gasteiger partial charge in [-0.3, -0.25) is 0 Å². The van der Waals surface area contributed by atoms with E-state index in [9.17, 15) is 0 Å². The van der Waals surface area contributed by atoms with Crippen LogP contribution in [0.1, 0.15) is 24.0 Å². The van der Waals surface area contributed by atoms with E-state index in [4.69, 9.17) is 0 Å². The van der Waals surface area contributed by atoms with Crippen LogP contribution in [-0.4, -0.2) is 10.6 Å². The number of aryl methyl sites for hydroxylation is 2. The molecule has 1 aliphatic heterocycles. The van der Waals surface area contributed by atoms with Gasteiger partial charge in [0.05, 0.1) is 5.52 Å². The Morgan fingerprint density at radius 1 is 1.31 bits per heavy atom. The highest BCUT2D eigenvalue weighted by atomic mass is 15.0. The summed E-state index contributed by atoms with van der Waals surface area (Å²) in [7, 11) is 0. The first-order valence-electron chi connectivity index (χ1n) is 6.25. The zero-order valence-corrected chi connectivity index (χ0v) is 9.37. The van der Waals surface area contributed by atoms with E-state index in [1.165, 1.54) is 47.8 Å². The Bertz CT molecular complexity index is 549. The Hall–Kier alpha value is -1.28. The summed E-state index contributed by atoms with van der Waals surface area (Å²) >= 11 is 0. The van der Waals surface area contributed by atoms with Crippen molar-refractivity contribution in [2.45, 2.75) is 38.4 Å². The molecule has 1 saturated carbocycles. The number of para-hydroxylation sites is 1. The van der Waals surface area contributed by atoms with Crippen molar-refractivity contribution < 1.29 is 0 Å². The fourth-order valence-corrected chi connectivity index (χ4v) is 2.81. The van der Waals surface area contributed by atoms with Crippen LogP contribution in [0.15, 0.2) is 24.4 Å². The van der Waals surface area contributed by atoms with Crippen molar-refractivity contribution in [3.63, 3.8) is 0 Å². The van der Waals surface area contributed by atoms with Crippen LogP contribution in [0.25, 0.3) is 10.9 Å². The molecule has 1 aromatic heterocycles. The Morgan fingerprint density at radius 2 is 2.25 bits per heavy atom. The fraction of sp³-hybridized carbons (Fsp3) is 0.429. The van der Waals surface area contributed by atoms with Gasteiger partial charge in [0, 0.05) is 30.7 Å². The van der Waals surface area contributed by atoms with Crippen LogP contribution in [0.3, 0.4) is 0 Å². The van der Waals surface area contributed by atoms with Crippen molar-refractivity contribution in [3.05, 3.63) is 35.5 Å². The third-order valence-corrected chi connectivity index (χ3v) is 3.85. The molecular weight excluding hydrogens is 196 g/mol. The normalized spacial score (nSPS) is 18.5. The Labute approximate surface area is 95.3 Å². The molecule has 4 rings (SSSR count). The SMILES string of the molecule is c1cc2c3c(c1)c(CNC1CC1)cn3CC2. The maximum absolute atomic E-state index is 3.61. The third kappa shape index (κ3) is 1.23. The van der Waals surface area contributed by atoms with Gasteiger partial charge in [0.2, 0.25) is 0 Å². The van der Waals surface area contributed by atoms with Crippen molar-refractivity contribution in [3.8, 4) is 0 Å². The zero-order valence-electron chi connectivity index (χ0n) is 9.37. The van der Waals surface area contributed by atoms with E-state index >= 15 is 0 Å². The number of aromatic nitrogens is 1. The summed E-state index contributed by atoms with van der Waals surface area (Å²) in [5.74, 6) is 0. The van der Waals surface area contributed by atoms with E-state index in [0.29, 0.717) is 0 Å². The van der Waals surface area contributed by atoms with Crippen molar-refractivity contribution in [1.29, 1.82) is 0 Å². The summed E-state index contributed by atoms with van der Waals surface area (Å²) < 4.78 is 2.43. The molecule has 16 heavy (non-hydrogen) atoms. The number of hydrogen-bond acceptors (Lipinski definition) is 1. The summed E-state index contributed by atoms with van der Waals surface area (Å²) in [5, 5.41) is 5.07. The lowest BCUT2D eigenvalue weighted by Crippen LogP contribution is -2.15. The summed E-state index contributed by atoms with van der Waals surface area (Å²) in [6.07, 6.45) is 6.29. The molecular formula is C14H16N2. The second kappa shape index (κ2) is 3.11. The lowest BCUT2D eigenvalue weighted by molar-refractivity contribution is 0.684. The van der Waals surface area contributed by atoms with Crippen molar-refractivity contribution in [2.24, 2.45) is 0 Å². The molecule has 1 aromatic carbocycles. The average Bonchev–Trinajstić information content (AvgIpc) is 2.95. The lowest BCUT2D eigenvalue weighted by Gasteiger charge is -2.02. The van der Waals surface area contributed by atoms with Gasteiger partial charge in [0.25, 0.3) is 0 Å². The minimum Gasteiger partial charge on any atom is -0.347 e. The van der Waals surface area contributed by atoms with E-state index < -0.39 is 0 Å². The maximum Gasteiger partial charge on any atom is 0.0516 e. The van der Waals surface area contributed by atoms with E-state index in [-0.39, 0.29) is 0 Å². The van der Waals surface area contributed by atoms with E-state index in [1.807, 2.05) is 0 Å². The lowest BCUT2D eigenvalue weighted by atomic mass is 10.1. The topological polar surface area (TPSA) is 17.0 Å². The second-order valence-corrected chi connectivity index (χ2v) is 5.07. The first kappa shape index (κ1) is 8.82. The summed E-state index contributed by atoms with van der Waals surface area (Å²) in [6.45, 7) is 2.21. The predicted molar refractivity (Wildman–Crippen MR) is 65.5 cm³/mol. The van der Waals surface area contributed by atoms with Crippen LogP contribution in [0, 0.1) is 0 Å². The van der Waals surface area contributed by atoms with E-state index in [2.05, 4.69) is 34.3 Å². The first-order valence-corrected chi connectivity index (χ1v) is 6.25. The quantitative estimate of drug-likeness (QED) is 0.827. The second-order valence-electron chi connectivity index (χ2n) is 5.07. The van der Waals surface area contributed by atoms with Crippen molar-refractivity contribution >= 4 is 10.9 Å². The van der Waals surface area contributed by atoms with Gasteiger partial charge in [-0.2, -0.15) is 0 Å². The van der Waals surface area contributed by atoms with Crippen LogP contribution in [-0.2, 0) is 19.5 Å². The van der Waals surface area contributed by atoms with Crippen LogP contribution in [0.2, 0.25) is 0 Å². The highest BCUT2D eigenvalue weighted by molar-refractivity contribution is 5.87. The average molecular weight is 212 g/mol. The molecule has 1 fully saturated rings. The molecule has 2 aliphatic rings. The molecule has 0 radical (unpaired) electrons. The summed E-state index contributed by atoms with van der Waals surface area (Å²) in [6, 6.07) is 7.53. The van der Waals surface area contributed by atoms with Crippen molar-refractivity contribution in [1.82, 2.24) is 9.88 Å².